The van der Waals surface area contributed by atoms with E-state index in [9.17, 15) is 24.5 Å². The highest BCUT2D eigenvalue weighted by atomic mass is 35.5. The average molecular weight is 518 g/mol. The molecule has 2 amide bonds. The molecular weight excluding hydrogens is 498 g/mol. The lowest BCUT2D eigenvalue weighted by Crippen LogP contribution is -2.49. The van der Waals surface area contributed by atoms with Crippen LogP contribution in [0.5, 0.6) is 0 Å². The fourth-order valence-corrected chi connectivity index (χ4v) is 6.05. The minimum Gasteiger partial charge on any atom is -0.464 e. The van der Waals surface area contributed by atoms with E-state index in [-0.39, 0.29) is 23.0 Å². The Morgan fingerprint density at radius 2 is 1.81 bits per heavy atom. The van der Waals surface area contributed by atoms with Crippen molar-refractivity contribution < 1.29 is 24.0 Å². The van der Waals surface area contributed by atoms with Crippen molar-refractivity contribution in [3.05, 3.63) is 81.4 Å². The largest absolute Gasteiger partial charge is 0.464 e. The summed E-state index contributed by atoms with van der Waals surface area (Å²) in [6.45, 7) is 1.78. The van der Waals surface area contributed by atoms with Crippen LogP contribution in [0.2, 0.25) is 5.02 Å². The van der Waals surface area contributed by atoms with E-state index in [2.05, 4.69) is 0 Å². The maximum absolute atomic E-state index is 13.8. The number of carbonyl (C=O) groups is 3. The smallest absolute Gasteiger partial charge is 0.329 e. The SMILES string of the molecule is CCOC(=O)[C@@H]1[C@@H]2C(=O)N(c3cc([N+](=O)[O-])ccc3Cl)C(=O)[C@H]2[C@H]2C=Cc3c(ccc4ccccc34)N21. The lowest BCUT2D eigenvalue weighted by Gasteiger charge is -2.36. The van der Waals surface area contributed by atoms with Crippen molar-refractivity contribution in [1.82, 2.24) is 0 Å². The summed E-state index contributed by atoms with van der Waals surface area (Å²) < 4.78 is 5.38. The molecule has 2 saturated heterocycles. The van der Waals surface area contributed by atoms with Crippen LogP contribution in [0.25, 0.3) is 16.8 Å². The first kappa shape index (κ1) is 23.2. The standard InChI is InChI=1S/C27H20ClN3O6/c1-2-37-27(34)24-23-22(25(32)30(26(23)33)21-13-15(31(35)36)8-10-18(21)28)20-12-9-17-16-6-4-3-5-14(16)7-11-19(17)29(20)24/h3-13,20,22-24H,2H2,1H3/t20-,22+,23-,24+/m1/s1. The number of benzene rings is 3. The maximum atomic E-state index is 13.8. The Balaban J connectivity index is 1.50. The molecule has 0 spiro atoms. The molecule has 0 aromatic heterocycles. The van der Waals surface area contributed by atoms with E-state index >= 15 is 0 Å². The molecule has 0 aliphatic carbocycles. The van der Waals surface area contributed by atoms with Gasteiger partial charge in [-0.15, -0.1) is 0 Å². The number of imide groups is 1. The number of hydrogen-bond donors (Lipinski definition) is 0. The molecule has 0 saturated carbocycles. The molecule has 0 radical (unpaired) electrons. The number of hydrogen-bond acceptors (Lipinski definition) is 7. The van der Waals surface area contributed by atoms with Gasteiger partial charge in [0.2, 0.25) is 11.8 Å². The van der Waals surface area contributed by atoms with Crippen molar-refractivity contribution in [3.8, 4) is 0 Å². The van der Waals surface area contributed by atoms with Gasteiger partial charge in [-0.2, -0.15) is 0 Å². The zero-order valence-electron chi connectivity index (χ0n) is 19.5. The first-order valence-corrected chi connectivity index (χ1v) is 12.2. The van der Waals surface area contributed by atoms with Gasteiger partial charge in [-0.3, -0.25) is 19.7 Å². The Labute approximate surface area is 216 Å². The van der Waals surface area contributed by atoms with Crippen molar-refractivity contribution in [2.75, 3.05) is 16.4 Å². The van der Waals surface area contributed by atoms with Gasteiger partial charge in [-0.25, -0.2) is 9.69 Å². The van der Waals surface area contributed by atoms with Crippen LogP contribution in [0.3, 0.4) is 0 Å². The molecule has 10 heteroatoms. The number of ether oxygens (including phenoxy) is 1. The third kappa shape index (κ3) is 3.27. The number of anilines is 2. The fraction of sp³-hybridized carbons (Fsp3) is 0.222. The molecule has 3 aliphatic rings. The predicted octanol–water partition coefficient (Wildman–Crippen LogP) is 4.35. The number of nitro benzene ring substituents is 1. The second kappa shape index (κ2) is 8.41. The van der Waals surface area contributed by atoms with Gasteiger partial charge >= 0.3 is 5.97 Å². The monoisotopic (exact) mass is 517 g/mol. The maximum Gasteiger partial charge on any atom is 0.329 e. The number of nitro groups is 1. The third-order valence-corrected chi connectivity index (χ3v) is 7.64. The van der Waals surface area contributed by atoms with E-state index in [1.165, 1.54) is 12.1 Å². The number of nitrogens with zero attached hydrogens (tertiary/aromatic N) is 3. The van der Waals surface area contributed by atoms with Crippen molar-refractivity contribution in [3.63, 3.8) is 0 Å². The van der Waals surface area contributed by atoms with Gasteiger partial charge in [0.25, 0.3) is 5.69 Å². The lowest BCUT2D eigenvalue weighted by atomic mass is 9.88. The van der Waals surface area contributed by atoms with Crippen LogP contribution in [-0.2, 0) is 19.1 Å². The summed E-state index contributed by atoms with van der Waals surface area (Å²) in [5.41, 5.74) is 1.25. The zero-order valence-corrected chi connectivity index (χ0v) is 20.3. The summed E-state index contributed by atoms with van der Waals surface area (Å²) in [6.07, 6.45) is 3.76. The molecule has 3 aliphatic heterocycles. The Morgan fingerprint density at radius 1 is 1.05 bits per heavy atom. The van der Waals surface area contributed by atoms with Crippen molar-refractivity contribution in [2.24, 2.45) is 11.8 Å². The minimum absolute atomic E-state index is 0.0211. The Bertz CT molecular complexity index is 1550. The predicted molar refractivity (Wildman–Crippen MR) is 137 cm³/mol. The summed E-state index contributed by atoms with van der Waals surface area (Å²) in [5.74, 6) is -3.75. The van der Waals surface area contributed by atoms with E-state index in [1.807, 2.05) is 53.5 Å². The third-order valence-electron chi connectivity index (χ3n) is 7.32. The summed E-state index contributed by atoms with van der Waals surface area (Å²) in [4.78, 5) is 54.4. The molecule has 6 rings (SSSR count). The Morgan fingerprint density at radius 3 is 2.57 bits per heavy atom. The van der Waals surface area contributed by atoms with Crippen LogP contribution < -0.4 is 9.80 Å². The fourth-order valence-electron chi connectivity index (χ4n) is 5.85. The Hall–Kier alpha value is -4.24. The molecule has 3 heterocycles. The first-order valence-electron chi connectivity index (χ1n) is 11.8. The second-order valence-corrected chi connectivity index (χ2v) is 9.54. The number of halogens is 1. The minimum atomic E-state index is -1.06. The average Bonchev–Trinajstić information content (AvgIpc) is 3.37. The molecule has 9 nitrogen and oxygen atoms in total. The summed E-state index contributed by atoms with van der Waals surface area (Å²) in [7, 11) is 0. The van der Waals surface area contributed by atoms with Gasteiger partial charge < -0.3 is 9.64 Å². The van der Waals surface area contributed by atoms with Gasteiger partial charge in [0.15, 0.2) is 0 Å². The molecule has 37 heavy (non-hydrogen) atoms. The summed E-state index contributed by atoms with van der Waals surface area (Å²) in [5, 5.41) is 13.4. The second-order valence-electron chi connectivity index (χ2n) is 9.13. The molecular formula is C27H20ClN3O6. The highest BCUT2D eigenvalue weighted by molar-refractivity contribution is 6.36. The molecule has 2 fully saturated rings. The van der Waals surface area contributed by atoms with Crippen LogP contribution in [0, 0.1) is 22.0 Å². The molecule has 0 unspecified atom stereocenters. The number of amides is 2. The lowest BCUT2D eigenvalue weighted by molar-refractivity contribution is -0.384. The van der Waals surface area contributed by atoms with Gasteiger partial charge in [0.1, 0.15) is 6.04 Å². The highest BCUT2D eigenvalue weighted by Gasteiger charge is 2.65. The van der Waals surface area contributed by atoms with Crippen molar-refractivity contribution >= 4 is 63.3 Å². The molecule has 3 aromatic rings. The topological polar surface area (TPSA) is 110 Å². The van der Waals surface area contributed by atoms with Crippen LogP contribution >= 0.6 is 11.6 Å². The summed E-state index contributed by atoms with van der Waals surface area (Å²) >= 11 is 6.29. The number of non-ortho nitro benzene ring substituents is 1. The molecule has 0 bridgehead atoms. The van der Waals surface area contributed by atoms with Crippen LogP contribution in [-0.4, -0.2) is 41.4 Å². The van der Waals surface area contributed by atoms with E-state index in [0.29, 0.717) is 0 Å². The summed E-state index contributed by atoms with van der Waals surface area (Å²) in [6, 6.07) is 13.6. The van der Waals surface area contributed by atoms with Gasteiger partial charge in [-0.05, 0) is 29.8 Å². The van der Waals surface area contributed by atoms with Gasteiger partial charge in [-0.1, -0.05) is 54.1 Å². The molecule has 186 valence electrons. The molecule has 0 N–H and O–H groups in total. The normalized spacial score (nSPS) is 23.7. The molecule has 4 atom stereocenters. The Kier molecular flexibility index (Phi) is 5.27. The van der Waals surface area contributed by atoms with Gasteiger partial charge in [0, 0.05) is 23.4 Å². The molecule has 3 aromatic carbocycles. The number of fused-ring (bicyclic) bond motifs is 7. The zero-order chi connectivity index (χ0) is 26.0. The van der Waals surface area contributed by atoms with Crippen LogP contribution in [0.4, 0.5) is 17.1 Å². The number of carbonyl (C=O) groups excluding carboxylic acids is 3. The number of esters is 1. The van der Waals surface area contributed by atoms with E-state index in [0.717, 1.165) is 33.0 Å². The van der Waals surface area contributed by atoms with Crippen molar-refractivity contribution in [1.29, 1.82) is 0 Å². The van der Waals surface area contributed by atoms with E-state index in [4.69, 9.17) is 16.3 Å². The number of rotatable bonds is 4. The highest BCUT2D eigenvalue weighted by Crippen LogP contribution is 2.51. The van der Waals surface area contributed by atoms with E-state index < -0.39 is 46.6 Å². The van der Waals surface area contributed by atoms with Crippen LogP contribution in [0.1, 0.15) is 12.5 Å². The van der Waals surface area contributed by atoms with Crippen LogP contribution in [0.15, 0.2) is 60.7 Å². The van der Waals surface area contributed by atoms with Gasteiger partial charge in [0.05, 0.1) is 40.1 Å². The van der Waals surface area contributed by atoms with Crippen molar-refractivity contribution in [2.45, 2.75) is 19.0 Å². The quantitative estimate of drug-likeness (QED) is 0.219. The van der Waals surface area contributed by atoms with E-state index in [1.54, 1.807) is 6.92 Å². The first-order chi connectivity index (χ1) is 17.8.